The van der Waals surface area contributed by atoms with Gasteiger partial charge in [0, 0.05) is 12.0 Å². The summed E-state index contributed by atoms with van der Waals surface area (Å²) in [5.74, 6) is -1.02. The van der Waals surface area contributed by atoms with Gasteiger partial charge in [-0.2, -0.15) is 13.2 Å². The first-order chi connectivity index (χ1) is 9.00. The molecular formula is C11H16F3N3O2S. The summed E-state index contributed by atoms with van der Waals surface area (Å²) in [7, 11) is 0. The highest BCUT2D eigenvalue weighted by molar-refractivity contribution is 7.99. The average molecular weight is 311 g/mol. The Bertz CT molecular complexity index is 480. The summed E-state index contributed by atoms with van der Waals surface area (Å²) in [5.41, 5.74) is -0.523. The van der Waals surface area contributed by atoms with Crippen LogP contribution in [0, 0.1) is 0 Å². The molecule has 1 heterocycles. The van der Waals surface area contributed by atoms with Gasteiger partial charge in [-0.15, -0.1) is 10.2 Å². The van der Waals surface area contributed by atoms with Gasteiger partial charge >= 0.3 is 12.1 Å². The maximum atomic E-state index is 12.3. The second-order valence-electron chi connectivity index (χ2n) is 5.20. The van der Waals surface area contributed by atoms with E-state index in [4.69, 9.17) is 5.11 Å². The van der Waals surface area contributed by atoms with Crippen LogP contribution >= 0.6 is 11.8 Å². The van der Waals surface area contributed by atoms with Crippen molar-refractivity contribution in [3.63, 3.8) is 0 Å². The van der Waals surface area contributed by atoms with Gasteiger partial charge in [-0.3, -0.25) is 4.79 Å². The molecule has 1 rings (SSSR count). The number of aliphatic carboxylic acids is 1. The predicted molar refractivity (Wildman–Crippen MR) is 67.8 cm³/mol. The summed E-state index contributed by atoms with van der Waals surface area (Å²) in [6.07, 6.45) is -5.52. The van der Waals surface area contributed by atoms with Crippen LogP contribution < -0.4 is 0 Å². The van der Waals surface area contributed by atoms with Crippen molar-refractivity contribution < 1.29 is 23.1 Å². The Kier molecular flexibility index (Phi) is 5.06. The molecule has 1 aromatic heterocycles. The Morgan fingerprint density at radius 1 is 1.30 bits per heavy atom. The van der Waals surface area contributed by atoms with E-state index in [1.54, 1.807) is 25.3 Å². The molecule has 0 aliphatic carbocycles. The number of aryl methyl sites for hydroxylation is 1. The monoisotopic (exact) mass is 311 g/mol. The topological polar surface area (TPSA) is 68.0 Å². The van der Waals surface area contributed by atoms with E-state index in [1.165, 1.54) is 0 Å². The molecule has 114 valence electrons. The van der Waals surface area contributed by atoms with Gasteiger partial charge in [0.1, 0.15) is 5.82 Å². The number of thioether (sulfide) groups is 1. The first-order valence-electron chi connectivity index (χ1n) is 5.87. The van der Waals surface area contributed by atoms with E-state index in [1.807, 2.05) is 0 Å². The van der Waals surface area contributed by atoms with Crippen LogP contribution in [0.1, 0.15) is 33.0 Å². The molecule has 20 heavy (non-hydrogen) atoms. The lowest BCUT2D eigenvalue weighted by molar-refractivity contribution is -0.135. The standard InChI is InChI=1S/C11H16F3N3O2S/c1-10(2,3)17-7(4-5-11(12,13)14)15-16-9(17)20-6-8(18)19/h4-6H2,1-3H3,(H,18,19). The number of carboxylic acids is 1. The van der Waals surface area contributed by atoms with E-state index in [0.29, 0.717) is 5.16 Å². The van der Waals surface area contributed by atoms with Gasteiger partial charge in [0.05, 0.1) is 12.2 Å². The molecule has 1 N–H and O–H groups in total. The van der Waals surface area contributed by atoms with Crippen molar-refractivity contribution >= 4 is 17.7 Å². The first-order valence-corrected chi connectivity index (χ1v) is 6.85. The van der Waals surface area contributed by atoms with Crippen molar-refractivity contribution in [1.82, 2.24) is 14.8 Å². The SMILES string of the molecule is CC(C)(C)n1c(CCC(F)(F)F)nnc1SCC(=O)O. The summed E-state index contributed by atoms with van der Waals surface area (Å²) in [6.45, 7) is 5.41. The molecule has 0 atom stereocenters. The Morgan fingerprint density at radius 2 is 1.90 bits per heavy atom. The molecular weight excluding hydrogens is 295 g/mol. The second kappa shape index (κ2) is 6.02. The number of nitrogens with zero attached hydrogens (tertiary/aromatic N) is 3. The zero-order valence-corrected chi connectivity index (χ0v) is 12.2. The molecule has 0 aliphatic rings. The maximum absolute atomic E-state index is 12.3. The number of halogens is 3. The van der Waals surface area contributed by atoms with Crippen LogP contribution in [-0.2, 0) is 16.8 Å². The van der Waals surface area contributed by atoms with Crippen LogP contribution in [0.25, 0.3) is 0 Å². The third-order valence-electron chi connectivity index (χ3n) is 2.33. The van der Waals surface area contributed by atoms with Crippen molar-refractivity contribution in [2.75, 3.05) is 5.75 Å². The molecule has 0 spiro atoms. The van der Waals surface area contributed by atoms with Gasteiger partial charge in [-0.25, -0.2) is 0 Å². The predicted octanol–water partition coefficient (Wildman–Crippen LogP) is 2.70. The summed E-state index contributed by atoms with van der Waals surface area (Å²) < 4.78 is 38.4. The zero-order valence-electron chi connectivity index (χ0n) is 11.4. The van der Waals surface area contributed by atoms with Crippen LogP contribution in [-0.4, -0.2) is 37.8 Å². The quantitative estimate of drug-likeness (QED) is 0.847. The summed E-state index contributed by atoms with van der Waals surface area (Å²) in [5, 5.41) is 16.5. The molecule has 9 heteroatoms. The van der Waals surface area contributed by atoms with Crippen LogP contribution in [0.2, 0.25) is 0 Å². The fourth-order valence-electron chi connectivity index (χ4n) is 1.61. The summed E-state index contributed by atoms with van der Waals surface area (Å²) >= 11 is 0.945. The van der Waals surface area contributed by atoms with Crippen LogP contribution in [0.3, 0.4) is 0 Å². The van der Waals surface area contributed by atoms with Crippen molar-refractivity contribution in [2.24, 2.45) is 0 Å². The third-order valence-corrected chi connectivity index (χ3v) is 3.24. The van der Waals surface area contributed by atoms with Crippen molar-refractivity contribution in [2.45, 2.75) is 50.5 Å². The first kappa shape index (κ1) is 16.8. The minimum Gasteiger partial charge on any atom is -0.481 e. The van der Waals surface area contributed by atoms with Crippen molar-refractivity contribution in [3.05, 3.63) is 5.82 Å². The molecule has 0 radical (unpaired) electrons. The number of carbonyl (C=O) groups is 1. The number of carboxylic acid groups (broad SMARTS) is 1. The summed E-state index contributed by atoms with van der Waals surface area (Å²) in [4.78, 5) is 10.6. The molecule has 0 aromatic carbocycles. The number of alkyl halides is 3. The lowest BCUT2D eigenvalue weighted by Crippen LogP contribution is -2.26. The fraction of sp³-hybridized carbons (Fsp3) is 0.727. The van der Waals surface area contributed by atoms with Gasteiger partial charge in [0.2, 0.25) is 0 Å². The highest BCUT2D eigenvalue weighted by Crippen LogP contribution is 2.28. The number of hydrogen-bond donors (Lipinski definition) is 1. The molecule has 0 unspecified atom stereocenters. The van der Waals surface area contributed by atoms with Gasteiger partial charge < -0.3 is 9.67 Å². The molecule has 0 aliphatic heterocycles. The summed E-state index contributed by atoms with van der Waals surface area (Å²) in [6, 6.07) is 0. The largest absolute Gasteiger partial charge is 0.481 e. The molecule has 5 nitrogen and oxygen atoms in total. The van der Waals surface area contributed by atoms with Crippen LogP contribution in [0.15, 0.2) is 5.16 Å². The van der Waals surface area contributed by atoms with Gasteiger partial charge in [0.15, 0.2) is 5.16 Å². The Morgan fingerprint density at radius 3 is 2.35 bits per heavy atom. The highest BCUT2D eigenvalue weighted by Gasteiger charge is 2.30. The Hall–Kier alpha value is -1.25. The molecule has 0 saturated carbocycles. The van der Waals surface area contributed by atoms with E-state index in [2.05, 4.69) is 10.2 Å². The van der Waals surface area contributed by atoms with E-state index >= 15 is 0 Å². The van der Waals surface area contributed by atoms with Crippen molar-refractivity contribution in [1.29, 1.82) is 0 Å². The molecule has 0 amide bonds. The molecule has 0 saturated heterocycles. The number of hydrogen-bond acceptors (Lipinski definition) is 4. The number of aromatic nitrogens is 3. The average Bonchev–Trinajstić information content (AvgIpc) is 2.65. The van der Waals surface area contributed by atoms with Gasteiger partial charge in [0.25, 0.3) is 0 Å². The lowest BCUT2D eigenvalue weighted by Gasteiger charge is -2.24. The van der Waals surface area contributed by atoms with E-state index in [-0.39, 0.29) is 18.0 Å². The van der Waals surface area contributed by atoms with E-state index < -0.39 is 24.1 Å². The lowest BCUT2D eigenvalue weighted by atomic mass is 10.1. The second-order valence-corrected chi connectivity index (χ2v) is 6.15. The van der Waals surface area contributed by atoms with Crippen LogP contribution in [0.5, 0.6) is 0 Å². The minimum atomic E-state index is -4.26. The molecule has 1 aromatic rings. The third kappa shape index (κ3) is 5.03. The van der Waals surface area contributed by atoms with Gasteiger partial charge in [-0.05, 0) is 20.8 Å². The zero-order chi connectivity index (χ0) is 15.6. The molecule has 0 bridgehead atoms. The maximum Gasteiger partial charge on any atom is 0.389 e. The fourth-order valence-corrected chi connectivity index (χ4v) is 2.47. The normalized spacial score (nSPS) is 12.7. The van der Waals surface area contributed by atoms with E-state index in [0.717, 1.165) is 11.8 Å². The Balaban J connectivity index is 2.98. The van der Waals surface area contributed by atoms with Crippen molar-refractivity contribution in [3.8, 4) is 0 Å². The van der Waals surface area contributed by atoms with E-state index in [9.17, 15) is 18.0 Å². The smallest absolute Gasteiger partial charge is 0.389 e. The minimum absolute atomic E-state index is 0.211. The highest BCUT2D eigenvalue weighted by atomic mass is 32.2. The van der Waals surface area contributed by atoms with Crippen LogP contribution in [0.4, 0.5) is 13.2 Å². The Labute approximate surface area is 118 Å². The molecule has 0 fully saturated rings. The van der Waals surface area contributed by atoms with Gasteiger partial charge in [-0.1, -0.05) is 11.8 Å². The number of rotatable bonds is 5.